The van der Waals surface area contributed by atoms with Crippen LogP contribution in [0.1, 0.15) is 11.1 Å². The summed E-state index contributed by atoms with van der Waals surface area (Å²) in [6.07, 6.45) is 0.276. The van der Waals surface area contributed by atoms with Crippen molar-refractivity contribution in [3.63, 3.8) is 0 Å². The lowest BCUT2D eigenvalue weighted by molar-refractivity contribution is 0.135. The highest BCUT2D eigenvalue weighted by molar-refractivity contribution is 6.37. The molecule has 0 bridgehead atoms. The smallest absolute Gasteiger partial charge is 0.406 e. The third-order valence-electron chi connectivity index (χ3n) is 3.49. The summed E-state index contributed by atoms with van der Waals surface area (Å²) in [7, 11) is 0. The van der Waals surface area contributed by atoms with E-state index in [1.54, 1.807) is 18.2 Å². The average Bonchev–Trinajstić information content (AvgIpc) is 2.51. The minimum Gasteiger partial charge on any atom is -0.406 e. The first-order valence-electron chi connectivity index (χ1n) is 6.87. The van der Waals surface area contributed by atoms with Gasteiger partial charge in [-0.2, -0.15) is 0 Å². The number of hydrazine groups is 1. The van der Waals surface area contributed by atoms with E-state index in [9.17, 15) is 4.79 Å². The van der Waals surface area contributed by atoms with Gasteiger partial charge in [-0.15, -0.1) is 0 Å². The number of fused-ring (bicyclic) bond motifs is 1. The summed E-state index contributed by atoms with van der Waals surface area (Å²) < 4.78 is 5.21. The Balaban J connectivity index is 1.64. The van der Waals surface area contributed by atoms with Gasteiger partial charge in [-0.3, -0.25) is 5.43 Å². The first-order chi connectivity index (χ1) is 10.6. The summed E-state index contributed by atoms with van der Waals surface area (Å²) in [5.41, 5.74) is 5.22. The number of hydrogen-bond acceptors (Lipinski definition) is 3. The second-order valence-electron chi connectivity index (χ2n) is 4.99. The molecule has 0 unspecified atom stereocenters. The van der Waals surface area contributed by atoms with E-state index in [1.165, 1.54) is 11.1 Å². The van der Waals surface area contributed by atoms with Crippen LogP contribution in [0.3, 0.4) is 0 Å². The maximum Gasteiger partial charge on any atom is 0.427 e. The molecule has 1 N–H and O–H groups in total. The van der Waals surface area contributed by atoms with Crippen LogP contribution in [0.15, 0.2) is 42.5 Å². The van der Waals surface area contributed by atoms with Gasteiger partial charge in [0.1, 0.15) is 0 Å². The maximum atomic E-state index is 12.0. The Morgan fingerprint density at radius 3 is 2.45 bits per heavy atom. The quantitative estimate of drug-likeness (QED) is 0.899. The zero-order chi connectivity index (χ0) is 15.5. The van der Waals surface area contributed by atoms with E-state index < -0.39 is 6.09 Å². The molecule has 0 aromatic heterocycles. The molecule has 0 atom stereocenters. The lowest BCUT2D eigenvalue weighted by Crippen LogP contribution is -2.46. The molecule has 3 rings (SSSR count). The predicted molar refractivity (Wildman–Crippen MR) is 86.2 cm³/mol. The first kappa shape index (κ1) is 15.2. The molecule has 114 valence electrons. The van der Waals surface area contributed by atoms with Crippen molar-refractivity contribution >= 4 is 29.3 Å². The van der Waals surface area contributed by atoms with E-state index in [0.717, 1.165) is 13.0 Å². The zero-order valence-electron chi connectivity index (χ0n) is 11.7. The SMILES string of the molecule is O=C(NN1CCc2ccccc2C1)Oc1c(Cl)cccc1Cl. The van der Waals surface area contributed by atoms with Gasteiger partial charge in [0.2, 0.25) is 0 Å². The van der Waals surface area contributed by atoms with Crippen molar-refractivity contribution in [1.29, 1.82) is 0 Å². The van der Waals surface area contributed by atoms with Crippen LogP contribution in [0.2, 0.25) is 10.0 Å². The summed E-state index contributed by atoms with van der Waals surface area (Å²) in [4.78, 5) is 12.0. The highest BCUT2D eigenvalue weighted by Gasteiger charge is 2.19. The second-order valence-corrected chi connectivity index (χ2v) is 5.81. The molecule has 6 heteroatoms. The number of halogens is 2. The molecule has 1 aliphatic rings. The normalized spacial score (nSPS) is 14.3. The van der Waals surface area contributed by atoms with Crippen molar-refractivity contribution in [2.45, 2.75) is 13.0 Å². The molecular weight excluding hydrogens is 323 g/mol. The Labute approximate surface area is 138 Å². The predicted octanol–water partition coefficient (Wildman–Crippen LogP) is 4.06. The zero-order valence-corrected chi connectivity index (χ0v) is 13.2. The molecule has 0 saturated carbocycles. The number of benzene rings is 2. The van der Waals surface area contributed by atoms with E-state index >= 15 is 0 Å². The third kappa shape index (κ3) is 3.35. The maximum absolute atomic E-state index is 12.0. The van der Waals surface area contributed by atoms with Crippen LogP contribution >= 0.6 is 23.2 Å². The van der Waals surface area contributed by atoms with Crippen LogP contribution in [0.5, 0.6) is 5.75 Å². The standard InChI is InChI=1S/C16H14Cl2N2O2/c17-13-6-3-7-14(18)15(13)22-16(21)19-20-9-8-11-4-1-2-5-12(11)10-20/h1-7H,8-10H2,(H,19,21). The van der Waals surface area contributed by atoms with Crippen LogP contribution in [0, 0.1) is 0 Å². The molecule has 0 spiro atoms. The fraction of sp³-hybridized carbons (Fsp3) is 0.188. The van der Waals surface area contributed by atoms with Gasteiger partial charge >= 0.3 is 6.09 Å². The number of carbonyl (C=O) groups excluding carboxylic acids is 1. The number of ether oxygens (including phenoxy) is 1. The molecule has 2 aromatic carbocycles. The Morgan fingerprint density at radius 1 is 1.05 bits per heavy atom. The molecule has 0 saturated heterocycles. The van der Waals surface area contributed by atoms with E-state index in [2.05, 4.69) is 17.6 Å². The summed E-state index contributed by atoms with van der Waals surface area (Å²) >= 11 is 12.0. The fourth-order valence-corrected chi connectivity index (χ4v) is 2.89. The number of para-hydroxylation sites is 1. The Kier molecular flexibility index (Phi) is 4.52. The molecule has 1 heterocycles. The number of rotatable bonds is 2. The Hall–Kier alpha value is -1.75. The van der Waals surface area contributed by atoms with E-state index in [0.29, 0.717) is 16.6 Å². The summed E-state index contributed by atoms with van der Waals surface area (Å²) in [6.45, 7) is 1.36. The van der Waals surface area contributed by atoms with Crippen molar-refractivity contribution in [3.05, 3.63) is 63.6 Å². The van der Waals surface area contributed by atoms with Crippen LogP contribution < -0.4 is 10.2 Å². The monoisotopic (exact) mass is 336 g/mol. The van der Waals surface area contributed by atoms with Gasteiger partial charge in [0.15, 0.2) is 5.75 Å². The van der Waals surface area contributed by atoms with Crippen LogP contribution in [0.25, 0.3) is 0 Å². The third-order valence-corrected chi connectivity index (χ3v) is 4.09. The topological polar surface area (TPSA) is 41.6 Å². The molecule has 0 fully saturated rings. The van der Waals surface area contributed by atoms with Crippen molar-refractivity contribution in [2.75, 3.05) is 6.54 Å². The largest absolute Gasteiger partial charge is 0.427 e. The highest BCUT2D eigenvalue weighted by Crippen LogP contribution is 2.32. The molecule has 0 radical (unpaired) electrons. The number of nitrogens with one attached hydrogen (secondary N) is 1. The summed E-state index contributed by atoms with van der Waals surface area (Å²) in [6, 6.07) is 13.1. The highest BCUT2D eigenvalue weighted by atomic mass is 35.5. The van der Waals surface area contributed by atoms with Crippen molar-refractivity contribution < 1.29 is 9.53 Å². The molecule has 22 heavy (non-hydrogen) atoms. The number of carbonyl (C=O) groups is 1. The van der Waals surface area contributed by atoms with Crippen molar-refractivity contribution in [1.82, 2.24) is 10.4 Å². The van der Waals surface area contributed by atoms with Crippen LogP contribution in [0.4, 0.5) is 4.79 Å². The summed E-state index contributed by atoms with van der Waals surface area (Å²) in [5, 5.41) is 2.41. The first-order valence-corrected chi connectivity index (χ1v) is 7.63. The van der Waals surface area contributed by atoms with Crippen LogP contribution in [-0.4, -0.2) is 17.6 Å². The summed E-state index contributed by atoms with van der Waals surface area (Å²) in [5.74, 6) is 0.167. The van der Waals surface area contributed by atoms with Gasteiger partial charge < -0.3 is 4.74 Å². The molecular formula is C16H14Cl2N2O2. The lowest BCUT2D eigenvalue weighted by Gasteiger charge is -2.28. The fourth-order valence-electron chi connectivity index (χ4n) is 2.42. The van der Waals surface area contributed by atoms with Gasteiger partial charge in [-0.05, 0) is 29.7 Å². The van der Waals surface area contributed by atoms with Gasteiger partial charge in [0.05, 0.1) is 10.0 Å². The molecule has 1 aliphatic heterocycles. The van der Waals surface area contributed by atoms with Crippen molar-refractivity contribution in [3.8, 4) is 5.75 Å². The number of hydrogen-bond donors (Lipinski definition) is 1. The minimum absolute atomic E-state index is 0.167. The minimum atomic E-state index is -0.602. The van der Waals surface area contributed by atoms with Gasteiger partial charge in [0.25, 0.3) is 0 Å². The van der Waals surface area contributed by atoms with Gasteiger partial charge in [-0.1, -0.05) is 53.5 Å². The molecule has 2 aromatic rings. The van der Waals surface area contributed by atoms with Crippen LogP contribution in [-0.2, 0) is 13.0 Å². The van der Waals surface area contributed by atoms with Crippen molar-refractivity contribution in [2.24, 2.45) is 0 Å². The van der Waals surface area contributed by atoms with E-state index in [-0.39, 0.29) is 5.75 Å². The van der Waals surface area contributed by atoms with Gasteiger partial charge in [0, 0.05) is 13.1 Å². The molecule has 0 aliphatic carbocycles. The lowest BCUT2D eigenvalue weighted by atomic mass is 10.0. The molecule has 4 nitrogen and oxygen atoms in total. The molecule has 1 amide bonds. The van der Waals surface area contributed by atoms with E-state index in [4.69, 9.17) is 27.9 Å². The Bertz CT molecular complexity index is 686. The average molecular weight is 337 g/mol. The Morgan fingerprint density at radius 2 is 1.73 bits per heavy atom. The van der Waals surface area contributed by atoms with E-state index in [1.807, 2.05) is 17.1 Å². The number of nitrogens with zero attached hydrogens (tertiary/aromatic N) is 1. The van der Waals surface area contributed by atoms with Gasteiger partial charge in [-0.25, -0.2) is 9.80 Å². The second kappa shape index (κ2) is 6.57. The number of amides is 1.